The van der Waals surface area contributed by atoms with Crippen LogP contribution < -0.4 is 14.2 Å². The number of carbonyl (C=O) groups excluding carboxylic acids is 2. The van der Waals surface area contributed by atoms with Crippen molar-refractivity contribution >= 4 is 11.9 Å². The molecule has 0 amide bonds. The van der Waals surface area contributed by atoms with Crippen molar-refractivity contribution in [2.75, 3.05) is 13.2 Å². The number of hydrogen-bond acceptors (Lipinski definition) is 7. The minimum Gasteiger partial charge on any atom is -0.493 e. The van der Waals surface area contributed by atoms with E-state index >= 15 is 0 Å². The van der Waals surface area contributed by atoms with Crippen molar-refractivity contribution in [2.45, 2.75) is 31.8 Å². The molecule has 6 rings (SSSR count). The van der Waals surface area contributed by atoms with E-state index in [4.69, 9.17) is 24.2 Å². The van der Waals surface area contributed by atoms with Gasteiger partial charge in [0.15, 0.2) is 0 Å². The van der Waals surface area contributed by atoms with Crippen LogP contribution >= 0.6 is 0 Å². The molecule has 0 bridgehead atoms. The van der Waals surface area contributed by atoms with Gasteiger partial charge in [0.1, 0.15) is 17.2 Å². The summed E-state index contributed by atoms with van der Waals surface area (Å²) in [5.41, 5.74) is 5.53. The highest BCUT2D eigenvalue weighted by molar-refractivity contribution is 5.92. The highest BCUT2D eigenvalue weighted by atomic mass is 16.6. The number of rotatable bonds is 9. The standard InChI is InChI=1S/C34H27NO6/c1-2-28-31-17-25(40-33(36)22-5-3-21(19-35)4-6-22)11-13-29(31)30-14-12-26(18-32(28)30)41-34(37)23-7-9-24(10-8-23)38-16-15-27-20-39-27/h3-14,17-18,27-28H,2,15-16,20H2,1H3. The second-order valence-corrected chi connectivity index (χ2v) is 10.0. The molecule has 4 aromatic carbocycles. The molecule has 2 atom stereocenters. The third kappa shape index (κ3) is 5.69. The topological polar surface area (TPSA) is 98.2 Å². The van der Waals surface area contributed by atoms with Crippen molar-refractivity contribution in [3.05, 3.63) is 113 Å². The van der Waals surface area contributed by atoms with Gasteiger partial charge in [-0.2, -0.15) is 5.26 Å². The van der Waals surface area contributed by atoms with Gasteiger partial charge in [-0.05, 0) is 101 Å². The van der Waals surface area contributed by atoms with Crippen molar-refractivity contribution in [1.29, 1.82) is 5.26 Å². The van der Waals surface area contributed by atoms with Gasteiger partial charge in [-0.25, -0.2) is 9.59 Å². The zero-order valence-electron chi connectivity index (χ0n) is 22.5. The van der Waals surface area contributed by atoms with E-state index < -0.39 is 11.9 Å². The lowest BCUT2D eigenvalue weighted by atomic mass is 9.94. The summed E-state index contributed by atoms with van der Waals surface area (Å²) in [4.78, 5) is 25.5. The van der Waals surface area contributed by atoms with Gasteiger partial charge in [0.25, 0.3) is 0 Å². The summed E-state index contributed by atoms with van der Waals surface area (Å²) >= 11 is 0. The molecule has 2 unspecified atom stereocenters. The normalized spacial score (nSPS) is 16.2. The molecule has 0 N–H and O–H groups in total. The Kier molecular flexibility index (Phi) is 7.24. The largest absolute Gasteiger partial charge is 0.493 e. The molecule has 1 aliphatic heterocycles. The molecule has 1 aliphatic carbocycles. The average Bonchev–Trinajstić information content (AvgIpc) is 3.77. The number of esters is 2. The van der Waals surface area contributed by atoms with Gasteiger partial charge in [0, 0.05) is 12.3 Å². The molecule has 0 saturated carbocycles. The minimum absolute atomic E-state index is 0.0599. The number of nitriles is 1. The van der Waals surface area contributed by atoms with Gasteiger partial charge in [0.05, 0.1) is 42.1 Å². The number of ether oxygens (including phenoxy) is 4. The molecule has 1 fully saturated rings. The number of nitrogens with zero attached hydrogens (tertiary/aromatic N) is 1. The van der Waals surface area contributed by atoms with Crippen LogP contribution in [0.2, 0.25) is 0 Å². The van der Waals surface area contributed by atoms with Gasteiger partial charge in [-0.3, -0.25) is 0 Å². The molecular weight excluding hydrogens is 518 g/mol. The first-order valence-corrected chi connectivity index (χ1v) is 13.6. The minimum atomic E-state index is -0.486. The van der Waals surface area contributed by atoms with Crippen molar-refractivity contribution in [2.24, 2.45) is 0 Å². The third-order valence-corrected chi connectivity index (χ3v) is 7.37. The van der Waals surface area contributed by atoms with Gasteiger partial charge in [0.2, 0.25) is 0 Å². The molecule has 1 heterocycles. The first kappa shape index (κ1) is 26.3. The lowest BCUT2D eigenvalue weighted by Crippen LogP contribution is -2.09. The third-order valence-electron chi connectivity index (χ3n) is 7.37. The van der Waals surface area contributed by atoms with Crippen LogP contribution in [0.5, 0.6) is 17.2 Å². The van der Waals surface area contributed by atoms with Crippen molar-refractivity contribution in [1.82, 2.24) is 0 Å². The Labute approximate surface area is 237 Å². The first-order chi connectivity index (χ1) is 20.0. The average molecular weight is 546 g/mol. The Hall–Kier alpha value is -4.93. The van der Waals surface area contributed by atoms with E-state index in [9.17, 15) is 9.59 Å². The van der Waals surface area contributed by atoms with E-state index in [-0.39, 0.29) is 5.92 Å². The molecule has 41 heavy (non-hydrogen) atoms. The molecule has 2 aliphatic rings. The van der Waals surface area contributed by atoms with Crippen LogP contribution in [0.4, 0.5) is 0 Å². The highest BCUT2D eigenvalue weighted by Gasteiger charge is 2.29. The first-order valence-electron chi connectivity index (χ1n) is 13.6. The van der Waals surface area contributed by atoms with E-state index in [2.05, 4.69) is 6.92 Å². The van der Waals surface area contributed by atoms with E-state index in [1.54, 1.807) is 60.7 Å². The van der Waals surface area contributed by atoms with Crippen LogP contribution in [0, 0.1) is 11.3 Å². The van der Waals surface area contributed by atoms with E-state index in [1.165, 1.54) is 0 Å². The SMILES string of the molecule is CCC1c2cc(OC(=O)c3ccc(C#N)cc3)ccc2-c2ccc(OC(=O)c3ccc(OCCC4CO4)cc3)cc21. The maximum Gasteiger partial charge on any atom is 0.343 e. The van der Waals surface area contributed by atoms with Crippen molar-refractivity contribution in [3.8, 4) is 34.4 Å². The van der Waals surface area contributed by atoms with E-state index in [0.717, 1.165) is 41.7 Å². The predicted molar refractivity (Wildman–Crippen MR) is 151 cm³/mol. The fourth-order valence-corrected chi connectivity index (χ4v) is 5.13. The zero-order chi connectivity index (χ0) is 28.3. The summed E-state index contributed by atoms with van der Waals surface area (Å²) in [6.07, 6.45) is 1.99. The molecule has 0 radical (unpaired) electrons. The van der Waals surface area contributed by atoms with Gasteiger partial charge >= 0.3 is 11.9 Å². The van der Waals surface area contributed by atoms with Crippen molar-refractivity contribution in [3.63, 3.8) is 0 Å². The lowest BCUT2D eigenvalue weighted by molar-refractivity contribution is 0.0725. The molecule has 0 aromatic heterocycles. The molecule has 0 spiro atoms. The van der Waals surface area contributed by atoms with Crippen molar-refractivity contribution < 1.29 is 28.5 Å². The van der Waals surface area contributed by atoms with Gasteiger partial charge < -0.3 is 18.9 Å². The van der Waals surface area contributed by atoms with E-state index in [1.807, 2.05) is 30.3 Å². The second-order valence-electron chi connectivity index (χ2n) is 10.0. The highest BCUT2D eigenvalue weighted by Crippen LogP contribution is 2.48. The Bertz CT molecular complexity index is 1650. The fourth-order valence-electron chi connectivity index (χ4n) is 5.13. The predicted octanol–water partition coefficient (Wildman–Crippen LogP) is 6.69. The Morgan fingerprint density at radius 3 is 1.80 bits per heavy atom. The smallest absolute Gasteiger partial charge is 0.343 e. The second kappa shape index (κ2) is 11.3. The van der Waals surface area contributed by atoms with Crippen LogP contribution in [-0.4, -0.2) is 31.3 Å². The number of epoxide rings is 1. The van der Waals surface area contributed by atoms with Crippen LogP contribution in [-0.2, 0) is 4.74 Å². The summed E-state index contributed by atoms with van der Waals surface area (Å²) in [5, 5.41) is 8.98. The molecule has 204 valence electrons. The van der Waals surface area contributed by atoms with Crippen LogP contribution in [0.15, 0.2) is 84.9 Å². The van der Waals surface area contributed by atoms with Crippen LogP contribution in [0.1, 0.15) is 63.1 Å². The molecular formula is C34H27NO6. The number of carbonyl (C=O) groups is 2. The number of benzene rings is 4. The number of fused-ring (bicyclic) bond motifs is 3. The quantitative estimate of drug-likeness (QED) is 0.131. The fraction of sp³-hybridized carbons (Fsp3) is 0.206. The Morgan fingerprint density at radius 2 is 1.32 bits per heavy atom. The Morgan fingerprint density at radius 1 is 0.805 bits per heavy atom. The molecule has 1 saturated heterocycles. The summed E-state index contributed by atoms with van der Waals surface area (Å²) < 4.78 is 22.3. The zero-order valence-corrected chi connectivity index (χ0v) is 22.5. The van der Waals surface area contributed by atoms with Gasteiger partial charge in [-0.1, -0.05) is 19.1 Å². The lowest BCUT2D eigenvalue weighted by Gasteiger charge is -2.13. The Balaban J connectivity index is 1.14. The maximum absolute atomic E-state index is 12.9. The number of hydrogen-bond donors (Lipinski definition) is 0. The molecule has 4 aromatic rings. The van der Waals surface area contributed by atoms with Crippen LogP contribution in [0.3, 0.4) is 0 Å². The molecule has 7 nitrogen and oxygen atoms in total. The maximum atomic E-state index is 12.9. The summed E-state index contributed by atoms with van der Waals surface area (Å²) in [5.74, 6) is 0.750. The van der Waals surface area contributed by atoms with Crippen LogP contribution in [0.25, 0.3) is 11.1 Å². The monoisotopic (exact) mass is 545 g/mol. The van der Waals surface area contributed by atoms with Gasteiger partial charge in [-0.15, -0.1) is 0 Å². The van der Waals surface area contributed by atoms with E-state index in [0.29, 0.717) is 46.6 Å². The molecule has 7 heteroatoms. The summed E-state index contributed by atoms with van der Waals surface area (Å²) in [6.45, 7) is 3.48. The summed E-state index contributed by atoms with van der Waals surface area (Å²) in [6, 6.07) is 26.6. The summed E-state index contributed by atoms with van der Waals surface area (Å²) in [7, 11) is 0.